The van der Waals surface area contributed by atoms with E-state index in [-0.39, 0.29) is 6.10 Å². The van der Waals surface area contributed by atoms with Gasteiger partial charge in [-0.1, -0.05) is 12.1 Å². The molecule has 2 atom stereocenters. The average Bonchev–Trinajstić information content (AvgIpc) is 2.93. The van der Waals surface area contributed by atoms with Gasteiger partial charge in [0.2, 0.25) is 0 Å². The zero-order chi connectivity index (χ0) is 12.7. The van der Waals surface area contributed by atoms with Crippen molar-refractivity contribution in [2.75, 3.05) is 6.61 Å². The minimum Gasteiger partial charge on any atom is -0.376 e. The van der Waals surface area contributed by atoms with Crippen LogP contribution >= 0.6 is 11.6 Å². The minimum atomic E-state index is 0.227. The molecule has 0 saturated carbocycles. The number of para-hydroxylation sites is 1. The average molecular weight is 265 g/mol. The van der Waals surface area contributed by atoms with Gasteiger partial charge >= 0.3 is 0 Å². The summed E-state index contributed by atoms with van der Waals surface area (Å²) in [7, 11) is 0. The number of aryl methyl sites for hydroxylation is 1. The van der Waals surface area contributed by atoms with Gasteiger partial charge in [0.15, 0.2) is 0 Å². The lowest BCUT2D eigenvalue weighted by molar-refractivity contribution is 0.108. The zero-order valence-corrected chi connectivity index (χ0v) is 11.4. The Morgan fingerprint density at radius 3 is 3.00 bits per heavy atom. The zero-order valence-electron chi connectivity index (χ0n) is 10.7. The van der Waals surface area contributed by atoms with Gasteiger partial charge in [-0.15, -0.1) is 11.6 Å². The highest BCUT2D eigenvalue weighted by molar-refractivity contribution is 6.16. The molecule has 1 aromatic carbocycles. The summed E-state index contributed by atoms with van der Waals surface area (Å²) in [5.41, 5.74) is 3.43. The van der Waals surface area contributed by atoms with Gasteiger partial charge in [0.05, 0.1) is 29.1 Å². The maximum Gasteiger partial charge on any atom is 0.125 e. The molecule has 0 radical (unpaired) electrons. The molecule has 0 spiro atoms. The van der Waals surface area contributed by atoms with E-state index in [4.69, 9.17) is 16.3 Å². The van der Waals surface area contributed by atoms with E-state index in [9.17, 15) is 0 Å². The molecular weight excluding hydrogens is 248 g/mol. The Morgan fingerprint density at radius 1 is 1.50 bits per heavy atom. The molecule has 1 aliphatic heterocycles. The number of hydrogen-bond donors (Lipinski definition) is 0. The van der Waals surface area contributed by atoms with Gasteiger partial charge < -0.3 is 9.30 Å². The van der Waals surface area contributed by atoms with E-state index >= 15 is 0 Å². The Bertz CT molecular complexity index is 578. The lowest BCUT2D eigenvalue weighted by atomic mass is 10.1. The Balaban J connectivity index is 2.22. The Morgan fingerprint density at radius 2 is 2.33 bits per heavy atom. The molecule has 3 rings (SSSR count). The standard InChI is InChI=1S/C14H17ClN2O/c1-9-4-3-5-12-14(9)16-13(8-15)17(12)11-6-7-18-10(11)2/h3-5,10-11H,6-8H2,1-2H3. The monoisotopic (exact) mass is 264 g/mol. The molecule has 0 amide bonds. The van der Waals surface area contributed by atoms with E-state index in [0.29, 0.717) is 11.9 Å². The summed E-state index contributed by atoms with van der Waals surface area (Å²) in [5.74, 6) is 1.39. The van der Waals surface area contributed by atoms with Crippen molar-refractivity contribution < 1.29 is 4.74 Å². The van der Waals surface area contributed by atoms with Crippen LogP contribution in [0.1, 0.15) is 30.8 Å². The van der Waals surface area contributed by atoms with Gasteiger partial charge in [0, 0.05) is 6.61 Å². The summed E-state index contributed by atoms with van der Waals surface area (Å²) in [6.45, 7) is 5.03. The summed E-state index contributed by atoms with van der Waals surface area (Å²) in [6, 6.07) is 6.64. The number of fused-ring (bicyclic) bond motifs is 1. The predicted molar refractivity (Wildman–Crippen MR) is 73.1 cm³/mol. The number of ether oxygens (including phenoxy) is 1. The normalized spacial score (nSPS) is 23.9. The van der Waals surface area contributed by atoms with Crippen molar-refractivity contribution in [2.45, 2.75) is 38.3 Å². The molecular formula is C14H17ClN2O. The van der Waals surface area contributed by atoms with Crippen molar-refractivity contribution in [3.63, 3.8) is 0 Å². The third-order valence-corrected chi connectivity index (χ3v) is 4.02. The van der Waals surface area contributed by atoms with Crippen molar-refractivity contribution in [1.29, 1.82) is 0 Å². The number of alkyl halides is 1. The molecule has 3 nitrogen and oxygen atoms in total. The maximum atomic E-state index is 6.06. The van der Waals surface area contributed by atoms with Crippen LogP contribution in [0.4, 0.5) is 0 Å². The first-order valence-corrected chi connectivity index (χ1v) is 6.90. The van der Waals surface area contributed by atoms with Gasteiger partial charge in [-0.2, -0.15) is 0 Å². The SMILES string of the molecule is Cc1cccc2c1nc(CCl)n2C1CCOC1C. The fourth-order valence-corrected chi connectivity index (χ4v) is 3.02. The smallest absolute Gasteiger partial charge is 0.125 e. The predicted octanol–water partition coefficient (Wildman–Crippen LogP) is 3.43. The van der Waals surface area contributed by atoms with Crippen LogP contribution in [0, 0.1) is 6.92 Å². The van der Waals surface area contributed by atoms with E-state index in [2.05, 4.69) is 41.6 Å². The first kappa shape index (κ1) is 12.0. The number of imidazole rings is 1. The molecule has 1 aromatic heterocycles. The molecule has 0 bridgehead atoms. The maximum absolute atomic E-state index is 6.06. The van der Waals surface area contributed by atoms with E-state index < -0.39 is 0 Å². The largest absolute Gasteiger partial charge is 0.376 e. The number of benzene rings is 1. The van der Waals surface area contributed by atoms with Crippen molar-refractivity contribution in [3.05, 3.63) is 29.6 Å². The van der Waals surface area contributed by atoms with E-state index in [1.165, 1.54) is 11.1 Å². The van der Waals surface area contributed by atoms with E-state index in [1.54, 1.807) is 0 Å². The van der Waals surface area contributed by atoms with Crippen molar-refractivity contribution in [2.24, 2.45) is 0 Å². The fraction of sp³-hybridized carbons (Fsp3) is 0.500. The molecule has 1 aliphatic rings. The van der Waals surface area contributed by atoms with Crippen LogP contribution in [0.25, 0.3) is 11.0 Å². The number of aromatic nitrogens is 2. The highest BCUT2D eigenvalue weighted by Gasteiger charge is 2.29. The van der Waals surface area contributed by atoms with Crippen LogP contribution in [-0.2, 0) is 10.6 Å². The molecule has 0 aliphatic carbocycles. The summed E-state index contributed by atoms with van der Waals surface area (Å²) in [4.78, 5) is 4.69. The summed E-state index contributed by atoms with van der Waals surface area (Å²) in [6.07, 6.45) is 1.26. The number of nitrogens with zero attached hydrogens (tertiary/aromatic N) is 2. The Kier molecular flexibility index (Phi) is 3.04. The van der Waals surface area contributed by atoms with Crippen LogP contribution in [-0.4, -0.2) is 22.3 Å². The second kappa shape index (κ2) is 4.56. The summed E-state index contributed by atoms with van der Waals surface area (Å²) in [5, 5.41) is 0. The number of rotatable bonds is 2. The van der Waals surface area contributed by atoms with Gasteiger partial charge in [0.1, 0.15) is 5.82 Å². The minimum absolute atomic E-state index is 0.227. The first-order chi connectivity index (χ1) is 8.72. The molecule has 1 saturated heterocycles. The summed E-state index contributed by atoms with van der Waals surface area (Å²) < 4.78 is 7.95. The van der Waals surface area contributed by atoms with Gasteiger partial charge in [-0.3, -0.25) is 0 Å². The fourth-order valence-electron chi connectivity index (χ4n) is 2.83. The molecule has 1 fully saturated rings. The Hall–Kier alpha value is -1.06. The van der Waals surface area contributed by atoms with E-state index in [1.807, 2.05) is 0 Å². The molecule has 0 N–H and O–H groups in total. The Labute approximate surface area is 112 Å². The van der Waals surface area contributed by atoms with Crippen LogP contribution in [0.15, 0.2) is 18.2 Å². The van der Waals surface area contributed by atoms with Gasteiger partial charge in [0.25, 0.3) is 0 Å². The second-order valence-corrected chi connectivity index (χ2v) is 5.17. The lowest BCUT2D eigenvalue weighted by Gasteiger charge is -2.19. The van der Waals surface area contributed by atoms with Crippen molar-refractivity contribution in [1.82, 2.24) is 9.55 Å². The van der Waals surface area contributed by atoms with E-state index in [0.717, 1.165) is 24.4 Å². The van der Waals surface area contributed by atoms with Crippen LogP contribution < -0.4 is 0 Å². The van der Waals surface area contributed by atoms with Crippen molar-refractivity contribution >= 4 is 22.6 Å². The molecule has 18 heavy (non-hydrogen) atoms. The number of halogens is 1. The van der Waals surface area contributed by atoms with Crippen LogP contribution in [0.3, 0.4) is 0 Å². The molecule has 2 heterocycles. The highest BCUT2D eigenvalue weighted by atomic mass is 35.5. The number of hydrogen-bond acceptors (Lipinski definition) is 2. The van der Waals surface area contributed by atoms with Crippen LogP contribution in [0.5, 0.6) is 0 Å². The second-order valence-electron chi connectivity index (χ2n) is 4.91. The molecule has 2 unspecified atom stereocenters. The summed E-state index contributed by atoms with van der Waals surface area (Å²) >= 11 is 6.06. The van der Waals surface area contributed by atoms with Gasteiger partial charge in [-0.25, -0.2) is 4.98 Å². The third-order valence-electron chi connectivity index (χ3n) is 3.78. The van der Waals surface area contributed by atoms with Crippen LogP contribution in [0.2, 0.25) is 0 Å². The molecule has 4 heteroatoms. The lowest BCUT2D eigenvalue weighted by Crippen LogP contribution is -2.18. The first-order valence-electron chi connectivity index (χ1n) is 6.36. The highest BCUT2D eigenvalue weighted by Crippen LogP contribution is 2.32. The molecule has 2 aromatic rings. The van der Waals surface area contributed by atoms with Gasteiger partial charge in [-0.05, 0) is 31.9 Å². The van der Waals surface area contributed by atoms with Crippen molar-refractivity contribution in [3.8, 4) is 0 Å². The third kappa shape index (κ3) is 1.73. The quantitative estimate of drug-likeness (QED) is 0.777. The topological polar surface area (TPSA) is 27.1 Å². The molecule has 96 valence electrons.